The maximum Gasteiger partial charge on any atom is 0.123 e. The summed E-state index contributed by atoms with van der Waals surface area (Å²) in [7, 11) is 0. The molecule has 3 nitrogen and oxygen atoms in total. The van der Waals surface area contributed by atoms with Crippen LogP contribution in [0.15, 0.2) is 30.3 Å². The second kappa shape index (κ2) is 5.23. The number of rotatable bonds is 2. The van der Waals surface area contributed by atoms with Gasteiger partial charge in [0.2, 0.25) is 0 Å². The first-order chi connectivity index (χ1) is 9.20. The Hall–Kier alpha value is -1.52. The Balaban J connectivity index is 1.79. The van der Waals surface area contributed by atoms with Gasteiger partial charge in [-0.25, -0.2) is 4.39 Å². The first-order valence-electron chi connectivity index (χ1n) is 6.66. The lowest BCUT2D eigenvalue weighted by molar-refractivity contribution is 0.0662. The number of likely N-dealkylation sites (tertiary alicyclic amines) is 1. The van der Waals surface area contributed by atoms with Crippen molar-refractivity contribution in [1.29, 1.82) is 0 Å². The highest BCUT2D eigenvalue weighted by molar-refractivity contribution is 5.78. The standard InChI is InChI=1S/C15H17FN2O/c16-12-4-6-15-11(8-12)3-5-13(17-15)9-18-7-1-2-14(19)10-18/h3-6,8,14,19H,1-2,7,9-10H2. The molecule has 0 saturated carbocycles. The average Bonchev–Trinajstić information content (AvgIpc) is 2.39. The second-order valence-electron chi connectivity index (χ2n) is 5.17. The highest BCUT2D eigenvalue weighted by Crippen LogP contribution is 2.17. The molecule has 1 fully saturated rings. The molecule has 3 rings (SSSR count). The van der Waals surface area contributed by atoms with Crippen molar-refractivity contribution in [2.45, 2.75) is 25.5 Å². The maximum absolute atomic E-state index is 13.1. The fourth-order valence-corrected chi connectivity index (χ4v) is 2.63. The van der Waals surface area contributed by atoms with E-state index in [1.165, 1.54) is 12.1 Å². The van der Waals surface area contributed by atoms with Crippen molar-refractivity contribution in [3.8, 4) is 0 Å². The van der Waals surface area contributed by atoms with Gasteiger partial charge in [-0.2, -0.15) is 0 Å². The molecule has 1 aliphatic heterocycles. The molecule has 0 spiro atoms. The zero-order valence-electron chi connectivity index (χ0n) is 10.7. The summed E-state index contributed by atoms with van der Waals surface area (Å²) in [6.07, 6.45) is 1.70. The highest BCUT2D eigenvalue weighted by Gasteiger charge is 2.17. The van der Waals surface area contributed by atoms with Crippen LogP contribution < -0.4 is 0 Å². The van der Waals surface area contributed by atoms with Crippen LogP contribution in [0.3, 0.4) is 0 Å². The van der Waals surface area contributed by atoms with E-state index >= 15 is 0 Å². The highest BCUT2D eigenvalue weighted by atomic mass is 19.1. The summed E-state index contributed by atoms with van der Waals surface area (Å²) in [6.45, 7) is 2.45. The molecule has 2 heterocycles. The van der Waals surface area contributed by atoms with Crippen molar-refractivity contribution in [3.05, 3.63) is 41.8 Å². The van der Waals surface area contributed by atoms with Gasteiger partial charge in [-0.15, -0.1) is 0 Å². The molecule has 1 N–H and O–H groups in total. The molecule has 1 unspecified atom stereocenters. The molecule has 0 bridgehead atoms. The van der Waals surface area contributed by atoms with E-state index in [0.29, 0.717) is 6.54 Å². The number of fused-ring (bicyclic) bond motifs is 1. The Morgan fingerprint density at radius 2 is 2.21 bits per heavy atom. The average molecular weight is 260 g/mol. The van der Waals surface area contributed by atoms with Crippen molar-refractivity contribution in [1.82, 2.24) is 9.88 Å². The normalized spacial score (nSPS) is 20.8. The summed E-state index contributed by atoms with van der Waals surface area (Å²) in [4.78, 5) is 6.76. The van der Waals surface area contributed by atoms with Gasteiger partial charge in [0.1, 0.15) is 5.82 Å². The Morgan fingerprint density at radius 1 is 1.32 bits per heavy atom. The van der Waals surface area contributed by atoms with Gasteiger partial charge in [-0.3, -0.25) is 9.88 Å². The van der Waals surface area contributed by atoms with Crippen molar-refractivity contribution >= 4 is 10.9 Å². The number of benzene rings is 1. The molecule has 1 aromatic carbocycles. The van der Waals surface area contributed by atoms with Gasteiger partial charge in [0.05, 0.1) is 17.3 Å². The number of piperidine rings is 1. The zero-order chi connectivity index (χ0) is 13.2. The van der Waals surface area contributed by atoms with Crippen molar-refractivity contribution in [2.75, 3.05) is 13.1 Å². The monoisotopic (exact) mass is 260 g/mol. The minimum Gasteiger partial charge on any atom is -0.392 e. The van der Waals surface area contributed by atoms with E-state index < -0.39 is 0 Å². The molecule has 4 heteroatoms. The second-order valence-corrected chi connectivity index (χ2v) is 5.17. The van der Waals surface area contributed by atoms with Crippen molar-refractivity contribution < 1.29 is 9.50 Å². The summed E-state index contributed by atoms with van der Waals surface area (Å²) in [6, 6.07) is 8.48. The lowest BCUT2D eigenvalue weighted by Gasteiger charge is -2.29. The predicted octanol–water partition coefficient (Wildman–Crippen LogP) is 2.33. The molecule has 0 amide bonds. The van der Waals surface area contributed by atoms with Crippen LogP contribution in [0.25, 0.3) is 10.9 Å². The Labute approximate surface area is 111 Å². The number of nitrogens with zero attached hydrogens (tertiary/aromatic N) is 2. The third-order valence-electron chi connectivity index (χ3n) is 3.58. The third kappa shape index (κ3) is 2.91. The molecule has 19 heavy (non-hydrogen) atoms. The van der Waals surface area contributed by atoms with E-state index in [1.807, 2.05) is 12.1 Å². The number of hydrogen-bond donors (Lipinski definition) is 1. The number of aliphatic hydroxyl groups is 1. The lowest BCUT2D eigenvalue weighted by Crippen LogP contribution is -2.37. The number of aromatic nitrogens is 1. The van der Waals surface area contributed by atoms with Gasteiger partial charge in [0, 0.05) is 18.5 Å². The molecule has 1 saturated heterocycles. The minimum absolute atomic E-state index is 0.219. The molecular formula is C15H17FN2O. The molecule has 1 aliphatic rings. The van der Waals surface area contributed by atoms with Crippen LogP contribution in [0.2, 0.25) is 0 Å². The van der Waals surface area contributed by atoms with E-state index in [0.717, 1.165) is 42.5 Å². The smallest absolute Gasteiger partial charge is 0.123 e. The number of aliphatic hydroxyl groups excluding tert-OH is 1. The number of hydrogen-bond acceptors (Lipinski definition) is 3. The van der Waals surface area contributed by atoms with Crippen molar-refractivity contribution in [3.63, 3.8) is 0 Å². The fraction of sp³-hybridized carbons (Fsp3) is 0.400. The maximum atomic E-state index is 13.1. The van der Waals surface area contributed by atoms with Crippen LogP contribution >= 0.6 is 0 Å². The van der Waals surface area contributed by atoms with E-state index in [2.05, 4.69) is 9.88 Å². The Kier molecular flexibility index (Phi) is 3.44. The first-order valence-corrected chi connectivity index (χ1v) is 6.66. The van der Waals surface area contributed by atoms with Crippen LogP contribution in [0, 0.1) is 5.82 Å². The lowest BCUT2D eigenvalue weighted by atomic mass is 10.1. The van der Waals surface area contributed by atoms with E-state index in [4.69, 9.17) is 0 Å². The van der Waals surface area contributed by atoms with Crippen molar-refractivity contribution in [2.24, 2.45) is 0 Å². The Bertz CT molecular complexity index is 587. The SMILES string of the molecule is OC1CCCN(Cc2ccc3cc(F)ccc3n2)C1. The van der Waals surface area contributed by atoms with Gasteiger partial charge in [0.25, 0.3) is 0 Å². The molecule has 2 aromatic rings. The minimum atomic E-state index is -0.235. The largest absolute Gasteiger partial charge is 0.392 e. The van der Waals surface area contributed by atoms with Gasteiger partial charge in [-0.05, 0) is 43.7 Å². The van der Waals surface area contributed by atoms with Crippen LogP contribution in [-0.4, -0.2) is 34.2 Å². The van der Waals surface area contributed by atoms with Gasteiger partial charge < -0.3 is 5.11 Å². The quantitative estimate of drug-likeness (QED) is 0.900. The molecule has 0 aliphatic carbocycles. The van der Waals surface area contributed by atoms with E-state index in [9.17, 15) is 9.50 Å². The number of halogens is 1. The summed E-state index contributed by atoms with van der Waals surface area (Å²) in [5.41, 5.74) is 1.78. The van der Waals surface area contributed by atoms with Gasteiger partial charge in [-0.1, -0.05) is 6.07 Å². The third-order valence-corrected chi connectivity index (χ3v) is 3.58. The van der Waals surface area contributed by atoms with Crippen LogP contribution in [0.1, 0.15) is 18.5 Å². The predicted molar refractivity (Wildman–Crippen MR) is 72.2 cm³/mol. The fourth-order valence-electron chi connectivity index (χ4n) is 2.63. The van der Waals surface area contributed by atoms with Gasteiger partial charge in [0.15, 0.2) is 0 Å². The molecule has 1 aromatic heterocycles. The first kappa shape index (κ1) is 12.5. The zero-order valence-corrected chi connectivity index (χ0v) is 10.7. The summed E-state index contributed by atoms with van der Waals surface area (Å²) < 4.78 is 13.1. The van der Waals surface area contributed by atoms with E-state index in [1.54, 1.807) is 6.07 Å². The number of pyridine rings is 1. The molecule has 100 valence electrons. The van der Waals surface area contributed by atoms with E-state index in [-0.39, 0.29) is 11.9 Å². The molecule has 1 atom stereocenters. The number of β-amino-alcohol motifs (C(OH)–C–C–N with tert-alkyl or cyclic N) is 1. The topological polar surface area (TPSA) is 36.4 Å². The molecular weight excluding hydrogens is 243 g/mol. The van der Waals surface area contributed by atoms with Crippen LogP contribution in [-0.2, 0) is 6.54 Å². The summed E-state index contributed by atoms with van der Waals surface area (Å²) >= 11 is 0. The summed E-state index contributed by atoms with van der Waals surface area (Å²) in [5, 5.41) is 10.5. The molecule has 0 radical (unpaired) electrons. The van der Waals surface area contributed by atoms with Gasteiger partial charge >= 0.3 is 0 Å². The van der Waals surface area contributed by atoms with Crippen LogP contribution in [0.5, 0.6) is 0 Å². The summed E-state index contributed by atoms with van der Waals surface area (Å²) in [5.74, 6) is -0.235. The van der Waals surface area contributed by atoms with Crippen LogP contribution in [0.4, 0.5) is 4.39 Å². The Morgan fingerprint density at radius 3 is 3.05 bits per heavy atom.